The van der Waals surface area contributed by atoms with E-state index in [9.17, 15) is 0 Å². The van der Waals surface area contributed by atoms with Crippen LogP contribution in [0.25, 0.3) is 10.6 Å². The van der Waals surface area contributed by atoms with Gasteiger partial charge in [0.2, 0.25) is 5.13 Å². The van der Waals surface area contributed by atoms with Crippen molar-refractivity contribution in [1.29, 1.82) is 0 Å². The fourth-order valence-corrected chi connectivity index (χ4v) is 4.57. The van der Waals surface area contributed by atoms with Gasteiger partial charge in [-0.2, -0.15) is 5.10 Å². The van der Waals surface area contributed by atoms with Gasteiger partial charge in [-0.05, 0) is 41.6 Å². The highest BCUT2D eigenvalue weighted by atomic mass is 32.1. The number of hydrogen-bond acceptors (Lipinski definition) is 7. The Hall–Kier alpha value is -2.38. The molecule has 3 rings (SSSR count). The topological polar surface area (TPSA) is 55.7 Å². The maximum absolute atomic E-state index is 5.93. The molecule has 0 unspecified atom stereocenters. The summed E-state index contributed by atoms with van der Waals surface area (Å²) in [6.45, 7) is 2.97. The molecule has 0 fully saturated rings. The van der Waals surface area contributed by atoms with E-state index in [1.54, 1.807) is 24.7 Å². The van der Waals surface area contributed by atoms with Crippen molar-refractivity contribution in [3.05, 3.63) is 46.7 Å². The highest BCUT2D eigenvalue weighted by molar-refractivity contribution is 7.15. The van der Waals surface area contributed by atoms with E-state index >= 15 is 0 Å². The Bertz CT molecular complexity index is 923. The summed E-state index contributed by atoms with van der Waals surface area (Å²) in [5, 5.41) is 9.16. The molecule has 31 heavy (non-hydrogen) atoms. The molecule has 1 N–H and O–H groups in total. The quantitative estimate of drug-likeness (QED) is 0.155. The Morgan fingerprint density at radius 3 is 2.65 bits per heavy atom. The lowest BCUT2D eigenvalue weighted by Crippen LogP contribution is -2.00. The number of ether oxygens (including phenoxy) is 2. The second-order valence-electron chi connectivity index (χ2n) is 7.27. The predicted octanol–water partition coefficient (Wildman–Crippen LogP) is 7.46. The van der Waals surface area contributed by atoms with Gasteiger partial charge in [0.15, 0.2) is 11.5 Å². The third-order valence-electron chi connectivity index (χ3n) is 4.84. The molecule has 2 aromatic heterocycles. The van der Waals surface area contributed by atoms with Crippen molar-refractivity contribution in [2.75, 3.05) is 19.1 Å². The minimum Gasteiger partial charge on any atom is -0.493 e. The summed E-state index contributed by atoms with van der Waals surface area (Å²) in [7, 11) is 1.66. The number of hydrazone groups is 1. The molecule has 0 aliphatic carbocycles. The van der Waals surface area contributed by atoms with Crippen molar-refractivity contribution in [3.8, 4) is 22.1 Å². The van der Waals surface area contributed by atoms with Gasteiger partial charge in [-0.15, -0.1) is 22.7 Å². The molecular formula is C24H31N3O2S2. The standard InChI is InChI=1S/C24H31N3O2S2/c1-3-4-5-6-7-8-9-14-29-21-13-12-19(16-22(21)28-2)17-25-27-24-26-20(18-31-24)23-11-10-15-30-23/h10-13,15-18H,3-9,14H2,1-2H3,(H,26,27)/b25-17-. The van der Waals surface area contributed by atoms with Crippen LogP contribution in [0.15, 0.2) is 46.2 Å². The number of nitrogens with zero attached hydrogens (tertiary/aromatic N) is 2. The maximum Gasteiger partial charge on any atom is 0.203 e. The number of hydrogen-bond donors (Lipinski definition) is 1. The zero-order valence-electron chi connectivity index (χ0n) is 18.3. The molecular weight excluding hydrogens is 426 g/mol. The van der Waals surface area contributed by atoms with Crippen molar-refractivity contribution in [2.45, 2.75) is 51.9 Å². The van der Waals surface area contributed by atoms with Crippen LogP contribution in [-0.4, -0.2) is 24.9 Å². The lowest BCUT2D eigenvalue weighted by Gasteiger charge is -2.11. The van der Waals surface area contributed by atoms with Crippen LogP contribution in [0.1, 0.15) is 57.4 Å². The monoisotopic (exact) mass is 457 g/mol. The van der Waals surface area contributed by atoms with Crippen LogP contribution in [0, 0.1) is 0 Å². The number of unbranched alkanes of at least 4 members (excludes halogenated alkanes) is 6. The van der Waals surface area contributed by atoms with Gasteiger partial charge in [0.05, 0.1) is 30.5 Å². The number of rotatable bonds is 14. The Balaban J connectivity index is 1.44. The average Bonchev–Trinajstić information content (AvgIpc) is 3.48. The first-order valence-corrected chi connectivity index (χ1v) is 12.7. The summed E-state index contributed by atoms with van der Waals surface area (Å²) < 4.78 is 11.4. The molecule has 7 heteroatoms. The second kappa shape index (κ2) is 13.1. The molecule has 0 aliphatic rings. The number of methoxy groups -OCH3 is 1. The summed E-state index contributed by atoms with van der Waals surface area (Å²) in [5.41, 5.74) is 4.91. The lowest BCUT2D eigenvalue weighted by atomic mass is 10.1. The molecule has 0 atom stereocenters. The highest BCUT2D eigenvalue weighted by Crippen LogP contribution is 2.29. The van der Waals surface area contributed by atoms with Crippen LogP contribution < -0.4 is 14.9 Å². The van der Waals surface area contributed by atoms with E-state index in [2.05, 4.69) is 33.9 Å². The highest BCUT2D eigenvalue weighted by Gasteiger charge is 2.06. The van der Waals surface area contributed by atoms with Crippen molar-refractivity contribution < 1.29 is 9.47 Å². The summed E-state index contributed by atoms with van der Waals surface area (Å²) in [6, 6.07) is 9.95. The minimum atomic E-state index is 0.718. The smallest absolute Gasteiger partial charge is 0.203 e. The molecule has 5 nitrogen and oxygen atoms in total. The van der Waals surface area contributed by atoms with Crippen molar-refractivity contribution in [1.82, 2.24) is 4.98 Å². The average molecular weight is 458 g/mol. The first-order valence-electron chi connectivity index (χ1n) is 10.9. The number of benzene rings is 1. The zero-order chi connectivity index (χ0) is 21.7. The third-order valence-corrected chi connectivity index (χ3v) is 6.48. The Kier molecular flexibility index (Phi) is 9.86. The van der Waals surface area contributed by atoms with Crippen molar-refractivity contribution in [2.24, 2.45) is 5.10 Å². The van der Waals surface area contributed by atoms with Crippen molar-refractivity contribution >= 4 is 34.0 Å². The van der Waals surface area contributed by atoms with Gasteiger partial charge in [0.25, 0.3) is 0 Å². The van der Waals surface area contributed by atoms with E-state index in [0.29, 0.717) is 0 Å². The SMILES string of the molecule is CCCCCCCCCOc1ccc(/C=N\Nc2nc(-c3cccs3)cs2)cc1OC. The van der Waals surface area contributed by atoms with E-state index in [0.717, 1.165) is 45.8 Å². The van der Waals surface area contributed by atoms with E-state index in [-0.39, 0.29) is 0 Å². The minimum absolute atomic E-state index is 0.718. The number of thiazole rings is 1. The molecule has 166 valence electrons. The zero-order valence-corrected chi connectivity index (χ0v) is 19.9. The fourth-order valence-electron chi connectivity index (χ4n) is 3.15. The molecule has 0 saturated carbocycles. The van der Waals surface area contributed by atoms with Gasteiger partial charge in [-0.1, -0.05) is 51.5 Å². The molecule has 2 heterocycles. The molecule has 0 saturated heterocycles. The molecule has 0 spiro atoms. The molecule has 0 radical (unpaired) electrons. The van der Waals surface area contributed by atoms with Gasteiger partial charge in [0.1, 0.15) is 0 Å². The number of thiophene rings is 1. The van der Waals surface area contributed by atoms with Crippen LogP contribution >= 0.6 is 22.7 Å². The van der Waals surface area contributed by atoms with Crippen LogP contribution in [-0.2, 0) is 0 Å². The molecule has 3 aromatic rings. The summed E-state index contributed by atoms with van der Waals surface area (Å²) in [6.07, 6.45) is 10.7. The van der Waals surface area contributed by atoms with E-state index in [4.69, 9.17) is 9.47 Å². The van der Waals surface area contributed by atoms with Crippen LogP contribution in [0.5, 0.6) is 11.5 Å². The summed E-state index contributed by atoms with van der Waals surface area (Å²) >= 11 is 3.22. The van der Waals surface area contributed by atoms with Gasteiger partial charge >= 0.3 is 0 Å². The van der Waals surface area contributed by atoms with Crippen LogP contribution in [0.3, 0.4) is 0 Å². The number of aromatic nitrogens is 1. The Labute approximate surface area is 193 Å². The largest absolute Gasteiger partial charge is 0.493 e. The second-order valence-corrected chi connectivity index (χ2v) is 9.07. The normalized spacial score (nSPS) is 11.2. The molecule has 0 amide bonds. The van der Waals surface area contributed by atoms with Gasteiger partial charge < -0.3 is 9.47 Å². The maximum atomic E-state index is 5.93. The van der Waals surface area contributed by atoms with Crippen LogP contribution in [0.2, 0.25) is 0 Å². The molecule has 0 aliphatic heterocycles. The van der Waals surface area contributed by atoms with Crippen LogP contribution in [0.4, 0.5) is 5.13 Å². The Morgan fingerprint density at radius 2 is 1.87 bits per heavy atom. The van der Waals surface area contributed by atoms with Gasteiger partial charge in [0, 0.05) is 5.38 Å². The van der Waals surface area contributed by atoms with Crippen molar-refractivity contribution in [3.63, 3.8) is 0 Å². The predicted molar refractivity (Wildman–Crippen MR) is 133 cm³/mol. The third kappa shape index (κ3) is 7.67. The van der Waals surface area contributed by atoms with Gasteiger partial charge in [-0.3, -0.25) is 5.43 Å². The van der Waals surface area contributed by atoms with Gasteiger partial charge in [-0.25, -0.2) is 4.98 Å². The number of anilines is 1. The molecule has 0 bridgehead atoms. The first-order chi connectivity index (χ1) is 15.3. The fraction of sp³-hybridized carbons (Fsp3) is 0.417. The summed E-state index contributed by atoms with van der Waals surface area (Å²) in [4.78, 5) is 5.72. The lowest BCUT2D eigenvalue weighted by molar-refractivity contribution is 0.284. The molecule has 1 aromatic carbocycles. The summed E-state index contributed by atoms with van der Waals surface area (Å²) in [5.74, 6) is 1.50. The van der Waals surface area contributed by atoms with E-state index in [1.807, 2.05) is 29.6 Å². The first kappa shape index (κ1) is 23.3. The Morgan fingerprint density at radius 1 is 1.03 bits per heavy atom. The van der Waals surface area contributed by atoms with E-state index < -0.39 is 0 Å². The van der Waals surface area contributed by atoms with E-state index in [1.165, 1.54) is 49.9 Å². The number of nitrogens with one attached hydrogen (secondary N) is 1.